The molecule has 0 aromatic rings. The van der Waals surface area contributed by atoms with Crippen molar-refractivity contribution in [1.29, 1.82) is 0 Å². The van der Waals surface area contributed by atoms with E-state index in [1.54, 1.807) is 0 Å². The Morgan fingerprint density at radius 1 is 0.448 bits per heavy atom. The zero-order valence-electron chi connectivity index (χ0n) is 20.5. The molecule has 0 aliphatic carbocycles. The molecule has 0 spiro atoms. The first-order chi connectivity index (χ1) is 14.3. The van der Waals surface area contributed by atoms with E-state index in [1.807, 2.05) is 6.42 Å². The number of carbonyl (C=O) groups is 1. The molecule has 0 aliphatic rings. The van der Waals surface area contributed by atoms with Gasteiger partial charge in [0.15, 0.2) is 0 Å². The number of hydrogen-bond donors (Lipinski definition) is 0. The minimum atomic E-state index is 0.396. The Bertz CT molecular complexity index is 309. The lowest BCUT2D eigenvalue weighted by Gasteiger charge is -2.04. The molecule has 0 unspecified atom stereocenters. The van der Waals surface area contributed by atoms with E-state index in [2.05, 4.69) is 13.8 Å². The first-order valence-corrected chi connectivity index (χ1v) is 13.7. The molecule has 0 aromatic carbocycles. The Labute approximate surface area is 185 Å². The van der Waals surface area contributed by atoms with Crippen LogP contribution in [0.1, 0.15) is 168 Å². The number of ketones is 1. The van der Waals surface area contributed by atoms with Crippen molar-refractivity contribution < 1.29 is 4.79 Å². The second-order valence-electron chi connectivity index (χ2n) is 9.28. The van der Waals surface area contributed by atoms with Crippen molar-refractivity contribution in [3.8, 4) is 0 Å². The Kier molecular flexibility index (Phi) is 25.4. The fraction of sp³-hybridized carbons (Fsp3) is 0.929. The number of carbonyl (C=O) groups excluding carboxylic acids is 1. The highest BCUT2D eigenvalue weighted by atomic mass is 16.1. The minimum absolute atomic E-state index is 0.396. The topological polar surface area (TPSA) is 17.1 Å². The predicted octanol–water partition coefficient (Wildman–Crippen LogP) is 10.2. The second-order valence-corrected chi connectivity index (χ2v) is 9.28. The van der Waals surface area contributed by atoms with E-state index < -0.39 is 0 Å². The first kappa shape index (κ1) is 28.7. The average molecular weight is 408 g/mol. The predicted molar refractivity (Wildman–Crippen MR) is 131 cm³/mol. The van der Waals surface area contributed by atoms with Crippen molar-refractivity contribution in [1.82, 2.24) is 0 Å². The highest BCUT2D eigenvalue weighted by molar-refractivity contribution is 5.86. The van der Waals surface area contributed by atoms with Gasteiger partial charge in [0.1, 0.15) is 5.78 Å². The molecule has 0 aromatic heterocycles. The van der Waals surface area contributed by atoms with Crippen LogP contribution in [0.2, 0.25) is 0 Å². The molecule has 0 fully saturated rings. The van der Waals surface area contributed by atoms with Gasteiger partial charge >= 0.3 is 0 Å². The molecule has 0 N–H and O–H groups in total. The van der Waals surface area contributed by atoms with E-state index in [0.29, 0.717) is 5.78 Å². The molecule has 0 heterocycles. The molecule has 0 saturated heterocycles. The van der Waals surface area contributed by atoms with Crippen LogP contribution >= 0.6 is 0 Å². The summed E-state index contributed by atoms with van der Waals surface area (Å²) in [7, 11) is 0. The van der Waals surface area contributed by atoms with Gasteiger partial charge in [0.2, 0.25) is 0 Å². The molecule has 1 radical (unpaired) electrons. The largest absolute Gasteiger partial charge is 0.299 e. The number of rotatable bonds is 25. The maximum absolute atomic E-state index is 11.9. The lowest BCUT2D eigenvalue weighted by atomic mass is 10.0. The summed E-state index contributed by atoms with van der Waals surface area (Å²) in [6.07, 6.45) is 33.8. The van der Waals surface area contributed by atoms with Crippen LogP contribution in [0.5, 0.6) is 0 Å². The maximum atomic E-state index is 11.9. The third kappa shape index (κ3) is 25.6. The van der Waals surface area contributed by atoms with E-state index in [9.17, 15) is 4.79 Å². The quantitative estimate of drug-likeness (QED) is 0.137. The van der Waals surface area contributed by atoms with Crippen molar-refractivity contribution in [2.45, 2.75) is 168 Å². The third-order valence-electron chi connectivity index (χ3n) is 6.21. The van der Waals surface area contributed by atoms with Crippen molar-refractivity contribution in [3.63, 3.8) is 0 Å². The van der Waals surface area contributed by atoms with Crippen LogP contribution in [-0.4, -0.2) is 5.78 Å². The van der Waals surface area contributed by atoms with Crippen LogP contribution in [-0.2, 0) is 4.79 Å². The van der Waals surface area contributed by atoms with E-state index in [0.717, 1.165) is 19.3 Å². The second kappa shape index (κ2) is 25.7. The summed E-state index contributed by atoms with van der Waals surface area (Å²) in [5.74, 6) is 0.396. The zero-order chi connectivity index (χ0) is 21.3. The average Bonchev–Trinajstić information content (AvgIpc) is 2.72. The van der Waals surface area contributed by atoms with Crippen LogP contribution in [0.3, 0.4) is 0 Å². The van der Waals surface area contributed by atoms with Crippen molar-refractivity contribution in [2.24, 2.45) is 0 Å². The van der Waals surface area contributed by atoms with Gasteiger partial charge in [-0.2, -0.15) is 0 Å². The van der Waals surface area contributed by atoms with Crippen molar-refractivity contribution in [3.05, 3.63) is 6.42 Å². The van der Waals surface area contributed by atoms with Crippen LogP contribution in [0.4, 0.5) is 0 Å². The van der Waals surface area contributed by atoms with Gasteiger partial charge in [-0.1, -0.05) is 149 Å². The summed E-state index contributed by atoms with van der Waals surface area (Å²) in [5.41, 5.74) is 0. The molecule has 0 saturated carbocycles. The summed E-state index contributed by atoms with van der Waals surface area (Å²) < 4.78 is 0. The Morgan fingerprint density at radius 2 is 0.759 bits per heavy atom. The SMILES string of the molecule is CCCCCCCCCCCCC[CH]C(=O)CCCCCCCCCCCCC. The molecule has 0 rings (SSSR count). The molecule has 1 heteroatoms. The number of unbranched alkanes of at least 4 members (excludes halogenated alkanes) is 21. The van der Waals surface area contributed by atoms with Gasteiger partial charge in [0, 0.05) is 12.8 Å². The molecule has 1 nitrogen and oxygen atoms in total. The van der Waals surface area contributed by atoms with E-state index in [-0.39, 0.29) is 0 Å². The summed E-state index contributed by atoms with van der Waals surface area (Å²) in [5, 5.41) is 0. The molecule has 29 heavy (non-hydrogen) atoms. The molecule has 0 aliphatic heterocycles. The Hall–Kier alpha value is -0.330. The van der Waals surface area contributed by atoms with Crippen LogP contribution < -0.4 is 0 Å². The van der Waals surface area contributed by atoms with Gasteiger partial charge in [-0.05, 0) is 12.8 Å². The summed E-state index contributed by atoms with van der Waals surface area (Å²) >= 11 is 0. The van der Waals surface area contributed by atoms with Crippen molar-refractivity contribution in [2.75, 3.05) is 0 Å². The maximum Gasteiger partial charge on any atom is 0.136 e. The monoisotopic (exact) mass is 407 g/mol. The molecule has 173 valence electrons. The molecule has 0 amide bonds. The van der Waals surface area contributed by atoms with Crippen LogP contribution in [0.25, 0.3) is 0 Å². The van der Waals surface area contributed by atoms with Gasteiger partial charge in [-0.3, -0.25) is 4.79 Å². The number of Topliss-reactive ketones (excluding diaryl/α,β-unsaturated/α-hetero) is 1. The summed E-state index contributed by atoms with van der Waals surface area (Å²) in [6.45, 7) is 4.56. The van der Waals surface area contributed by atoms with Crippen LogP contribution in [0, 0.1) is 6.42 Å². The van der Waals surface area contributed by atoms with Gasteiger partial charge in [0.25, 0.3) is 0 Å². The number of hydrogen-bond acceptors (Lipinski definition) is 1. The highest BCUT2D eigenvalue weighted by Gasteiger charge is 2.02. The van der Waals surface area contributed by atoms with E-state index in [4.69, 9.17) is 0 Å². The van der Waals surface area contributed by atoms with Gasteiger partial charge in [-0.15, -0.1) is 0 Å². The normalized spacial score (nSPS) is 11.2. The minimum Gasteiger partial charge on any atom is -0.299 e. The van der Waals surface area contributed by atoms with E-state index in [1.165, 1.54) is 135 Å². The third-order valence-corrected chi connectivity index (χ3v) is 6.21. The smallest absolute Gasteiger partial charge is 0.136 e. The van der Waals surface area contributed by atoms with Crippen molar-refractivity contribution >= 4 is 5.78 Å². The first-order valence-electron chi connectivity index (χ1n) is 13.7. The standard InChI is InChI=1S/C28H55O/c1-3-5-7-9-11-13-15-17-19-21-23-25-27-28(29)26-24-22-20-18-16-14-12-10-8-6-4-2/h27H,3-26H2,1-2H3. The zero-order valence-corrected chi connectivity index (χ0v) is 20.5. The fourth-order valence-corrected chi connectivity index (χ4v) is 4.14. The molecular formula is C28H55O. The Balaban J connectivity index is 3.13. The van der Waals surface area contributed by atoms with Gasteiger partial charge in [0.05, 0.1) is 0 Å². The molecule has 0 atom stereocenters. The fourth-order valence-electron chi connectivity index (χ4n) is 4.14. The van der Waals surface area contributed by atoms with Crippen LogP contribution in [0.15, 0.2) is 0 Å². The van der Waals surface area contributed by atoms with Gasteiger partial charge < -0.3 is 0 Å². The lowest BCUT2D eigenvalue weighted by molar-refractivity contribution is -0.116. The molecule has 0 bridgehead atoms. The summed E-state index contributed by atoms with van der Waals surface area (Å²) in [4.78, 5) is 11.9. The molecular weight excluding hydrogens is 352 g/mol. The highest BCUT2D eigenvalue weighted by Crippen LogP contribution is 2.14. The summed E-state index contributed by atoms with van der Waals surface area (Å²) in [6, 6.07) is 0. The van der Waals surface area contributed by atoms with Gasteiger partial charge in [-0.25, -0.2) is 0 Å². The Morgan fingerprint density at radius 3 is 1.14 bits per heavy atom. The lowest BCUT2D eigenvalue weighted by Crippen LogP contribution is -1.98. The van der Waals surface area contributed by atoms with E-state index >= 15 is 0 Å².